The van der Waals surface area contributed by atoms with E-state index >= 15 is 0 Å². The van der Waals surface area contributed by atoms with E-state index in [1.807, 2.05) is 6.92 Å². The molecule has 0 saturated heterocycles. The van der Waals surface area contributed by atoms with Crippen LogP contribution in [0.2, 0.25) is 5.02 Å². The molecular weight excluding hydrogens is 309 g/mol. The van der Waals surface area contributed by atoms with Crippen LogP contribution in [0.25, 0.3) is 0 Å². The molecule has 1 atom stereocenters. The van der Waals surface area contributed by atoms with Gasteiger partial charge in [0.1, 0.15) is 5.82 Å². The second-order valence-electron chi connectivity index (χ2n) is 4.28. The van der Waals surface area contributed by atoms with Crippen molar-refractivity contribution in [3.63, 3.8) is 0 Å². The summed E-state index contributed by atoms with van der Waals surface area (Å²) in [6.45, 7) is 1.82. The summed E-state index contributed by atoms with van der Waals surface area (Å²) in [7, 11) is -3.93. The third-order valence-corrected chi connectivity index (χ3v) is 4.39. The van der Waals surface area contributed by atoms with Crippen molar-refractivity contribution in [1.82, 2.24) is 4.72 Å². The summed E-state index contributed by atoms with van der Waals surface area (Å²) in [4.78, 5) is 10.5. The minimum absolute atomic E-state index is 0.199. The topological polar surface area (TPSA) is 83.5 Å². The minimum atomic E-state index is -3.93. The van der Waals surface area contributed by atoms with Crippen molar-refractivity contribution in [1.29, 1.82) is 0 Å². The highest BCUT2D eigenvalue weighted by Crippen LogP contribution is 2.20. The van der Waals surface area contributed by atoms with Crippen LogP contribution in [0.15, 0.2) is 23.1 Å². The van der Waals surface area contributed by atoms with Crippen LogP contribution in [-0.4, -0.2) is 25.5 Å². The predicted molar refractivity (Wildman–Crippen MR) is 72.7 cm³/mol. The molecule has 0 spiro atoms. The van der Waals surface area contributed by atoms with E-state index in [4.69, 9.17) is 16.7 Å². The maximum Gasteiger partial charge on any atom is 0.304 e. The maximum absolute atomic E-state index is 13.0. The van der Waals surface area contributed by atoms with Crippen molar-refractivity contribution in [3.8, 4) is 0 Å². The largest absolute Gasteiger partial charge is 0.481 e. The second kappa shape index (κ2) is 7.01. The lowest BCUT2D eigenvalue weighted by Crippen LogP contribution is -2.36. The van der Waals surface area contributed by atoms with Gasteiger partial charge in [0, 0.05) is 6.04 Å². The van der Waals surface area contributed by atoms with E-state index in [0.29, 0.717) is 12.8 Å². The minimum Gasteiger partial charge on any atom is -0.481 e. The number of benzene rings is 1. The summed E-state index contributed by atoms with van der Waals surface area (Å²) < 4.78 is 39.5. The van der Waals surface area contributed by atoms with Crippen molar-refractivity contribution in [2.45, 2.75) is 37.1 Å². The summed E-state index contributed by atoms with van der Waals surface area (Å²) in [6, 6.07) is 2.30. The molecule has 112 valence electrons. The van der Waals surface area contributed by atoms with Crippen LogP contribution in [0.5, 0.6) is 0 Å². The summed E-state index contributed by atoms with van der Waals surface area (Å²) in [5.41, 5.74) is 0. The standard InChI is InChI=1S/C12H15ClFNO4S/c1-2-3-8(6-12(16)17)15-20(18,19)9-4-5-11(14)10(13)7-9/h4-5,7-8,15H,2-3,6H2,1H3,(H,16,17). The van der Waals surface area contributed by atoms with Crippen LogP contribution < -0.4 is 4.72 Å². The molecule has 1 unspecified atom stereocenters. The fourth-order valence-corrected chi connectivity index (χ4v) is 3.23. The van der Waals surface area contributed by atoms with E-state index in [0.717, 1.165) is 18.2 Å². The predicted octanol–water partition coefficient (Wildman–Crippen LogP) is 2.40. The van der Waals surface area contributed by atoms with Gasteiger partial charge in [0.05, 0.1) is 16.3 Å². The molecule has 1 rings (SSSR count). The Kier molecular flexibility index (Phi) is 5.91. The molecule has 0 aliphatic rings. The SMILES string of the molecule is CCCC(CC(=O)O)NS(=O)(=O)c1ccc(F)c(Cl)c1. The Morgan fingerprint density at radius 2 is 2.15 bits per heavy atom. The first-order valence-electron chi connectivity index (χ1n) is 5.95. The number of hydrogen-bond acceptors (Lipinski definition) is 3. The van der Waals surface area contributed by atoms with E-state index in [-0.39, 0.29) is 16.3 Å². The Balaban J connectivity index is 2.96. The first kappa shape index (κ1) is 16.9. The Morgan fingerprint density at radius 3 is 2.65 bits per heavy atom. The van der Waals surface area contributed by atoms with Gasteiger partial charge in [-0.2, -0.15) is 0 Å². The van der Waals surface area contributed by atoms with Crippen LogP contribution >= 0.6 is 11.6 Å². The highest BCUT2D eigenvalue weighted by Gasteiger charge is 2.22. The van der Waals surface area contributed by atoms with Crippen LogP contribution in [0.1, 0.15) is 26.2 Å². The number of aliphatic carboxylic acids is 1. The Morgan fingerprint density at radius 1 is 1.50 bits per heavy atom. The molecule has 5 nitrogen and oxygen atoms in total. The molecule has 0 bridgehead atoms. The molecule has 0 heterocycles. The van der Waals surface area contributed by atoms with E-state index in [9.17, 15) is 17.6 Å². The summed E-state index contributed by atoms with van der Waals surface area (Å²) in [5, 5.41) is 8.45. The van der Waals surface area contributed by atoms with Gasteiger partial charge in [-0.15, -0.1) is 0 Å². The number of halogens is 2. The van der Waals surface area contributed by atoms with E-state index in [1.54, 1.807) is 0 Å². The fourth-order valence-electron chi connectivity index (χ4n) is 1.69. The number of rotatable bonds is 7. The van der Waals surface area contributed by atoms with Gasteiger partial charge in [0.25, 0.3) is 0 Å². The summed E-state index contributed by atoms with van der Waals surface area (Å²) in [5.74, 6) is -1.82. The quantitative estimate of drug-likeness (QED) is 0.807. The van der Waals surface area contributed by atoms with E-state index in [2.05, 4.69) is 4.72 Å². The van der Waals surface area contributed by atoms with Crippen molar-refractivity contribution >= 4 is 27.6 Å². The average Bonchev–Trinajstić information content (AvgIpc) is 2.31. The van der Waals surface area contributed by atoms with Gasteiger partial charge in [-0.3, -0.25) is 4.79 Å². The smallest absolute Gasteiger partial charge is 0.304 e. The van der Waals surface area contributed by atoms with Gasteiger partial charge < -0.3 is 5.11 Å². The van der Waals surface area contributed by atoms with Gasteiger partial charge in [-0.05, 0) is 24.6 Å². The van der Waals surface area contributed by atoms with Crippen LogP contribution in [0, 0.1) is 5.82 Å². The number of sulfonamides is 1. The lowest BCUT2D eigenvalue weighted by molar-refractivity contribution is -0.137. The zero-order valence-electron chi connectivity index (χ0n) is 10.8. The molecule has 8 heteroatoms. The van der Waals surface area contributed by atoms with Gasteiger partial charge in [-0.25, -0.2) is 17.5 Å². The van der Waals surface area contributed by atoms with Gasteiger partial charge >= 0.3 is 5.97 Å². The van der Waals surface area contributed by atoms with Crippen molar-refractivity contribution in [2.75, 3.05) is 0 Å². The van der Waals surface area contributed by atoms with Gasteiger partial charge in [0.15, 0.2) is 0 Å². The Hall–Kier alpha value is -1.18. The molecule has 1 aromatic carbocycles. The molecule has 0 aliphatic heterocycles. The third-order valence-electron chi connectivity index (χ3n) is 2.58. The van der Waals surface area contributed by atoms with Crippen LogP contribution in [-0.2, 0) is 14.8 Å². The molecule has 20 heavy (non-hydrogen) atoms. The van der Waals surface area contributed by atoms with Crippen LogP contribution in [0.4, 0.5) is 4.39 Å². The molecule has 1 aromatic rings. The highest BCUT2D eigenvalue weighted by atomic mass is 35.5. The van der Waals surface area contributed by atoms with Crippen molar-refractivity contribution in [2.24, 2.45) is 0 Å². The number of nitrogens with one attached hydrogen (secondary N) is 1. The molecule has 0 aliphatic carbocycles. The Labute approximate surface area is 121 Å². The molecule has 0 amide bonds. The van der Waals surface area contributed by atoms with Crippen LogP contribution in [0.3, 0.4) is 0 Å². The summed E-state index contributed by atoms with van der Waals surface area (Å²) in [6.07, 6.45) is 0.701. The number of hydrogen-bond donors (Lipinski definition) is 2. The monoisotopic (exact) mass is 323 g/mol. The molecule has 0 radical (unpaired) electrons. The lowest BCUT2D eigenvalue weighted by atomic mass is 10.1. The molecule has 0 aromatic heterocycles. The normalized spacial score (nSPS) is 13.2. The second-order valence-corrected chi connectivity index (χ2v) is 6.40. The summed E-state index contributed by atoms with van der Waals surface area (Å²) >= 11 is 5.54. The zero-order valence-corrected chi connectivity index (χ0v) is 12.3. The van der Waals surface area contributed by atoms with Gasteiger partial charge in [-0.1, -0.05) is 24.9 Å². The zero-order chi connectivity index (χ0) is 15.3. The van der Waals surface area contributed by atoms with Gasteiger partial charge in [0.2, 0.25) is 10.0 Å². The number of carbonyl (C=O) groups is 1. The molecule has 0 fully saturated rings. The first-order valence-corrected chi connectivity index (χ1v) is 7.81. The van der Waals surface area contributed by atoms with E-state index < -0.39 is 27.9 Å². The maximum atomic E-state index is 13.0. The number of carboxylic acids is 1. The molecule has 2 N–H and O–H groups in total. The molecular formula is C12H15ClFNO4S. The number of carboxylic acid groups (broad SMARTS) is 1. The van der Waals surface area contributed by atoms with Crippen molar-refractivity contribution in [3.05, 3.63) is 29.0 Å². The highest BCUT2D eigenvalue weighted by molar-refractivity contribution is 7.89. The van der Waals surface area contributed by atoms with Crippen molar-refractivity contribution < 1.29 is 22.7 Å². The van der Waals surface area contributed by atoms with E-state index in [1.165, 1.54) is 0 Å². The average molecular weight is 324 g/mol. The molecule has 0 saturated carbocycles. The first-order chi connectivity index (χ1) is 9.26. The third kappa shape index (κ3) is 4.73. The Bertz CT molecular complexity index is 591. The fraction of sp³-hybridized carbons (Fsp3) is 0.417. The lowest BCUT2D eigenvalue weighted by Gasteiger charge is -2.16.